The average molecular weight is 453 g/mol. The molecule has 0 atom stereocenters. The molecule has 0 aromatic heterocycles. The number of nitrogens with zero attached hydrogens (tertiary/aromatic N) is 1. The number of methoxy groups -OCH3 is 1. The van der Waals surface area contributed by atoms with Crippen molar-refractivity contribution in [3.05, 3.63) is 0 Å². The number of rotatable bonds is 11. The van der Waals surface area contributed by atoms with Crippen molar-refractivity contribution in [3.8, 4) is 0 Å². The maximum absolute atomic E-state index is 5.51. The summed E-state index contributed by atoms with van der Waals surface area (Å²) >= 11 is 0. The first-order valence-electron chi connectivity index (χ1n) is 9.19. The van der Waals surface area contributed by atoms with E-state index in [1.165, 1.54) is 32.1 Å². The van der Waals surface area contributed by atoms with Gasteiger partial charge >= 0.3 is 0 Å². The minimum atomic E-state index is 0. The average Bonchev–Trinajstić information content (AvgIpc) is 3.29. The Morgan fingerprint density at radius 2 is 1.58 bits per heavy atom. The van der Waals surface area contributed by atoms with E-state index in [2.05, 4.69) is 22.5 Å². The Balaban J connectivity index is 0.00000288. The molecule has 2 aliphatic rings. The van der Waals surface area contributed by atoms with Gasteiger partial charge in [0.15, 0.2) is 5.96 Å². The van der Waals surface area contributed by atoms with E-state index in [4.69, 9.17) is 9.47 Å². The number of guanidine groups is 1. The van der Waals surface area contributed by atoms with E-state index in [1.807, 2.05) is 7.05 Å². The summed E-state index contributed by atoms with van der Waals surface area (Å²) in [7, 11) is 3.65. The molecule has 0 aromatic carbocycles. The van der Waals surface area contributed by atoms with Gasteiger partial charge in [0.1, 0.15) is 0 Å². The summed E-state index contributed by atoms with van der Waals surface area (Å²) in [5, 5.41) is 7.07. The van der Waals surface area contributed by atoms with Gasteiger partial charge in [-0.25, -0.2) is 0 Å². The first kappa shape index (κ1) is 22.0. The zero-order chi connectivity index (χ0) is 16.6. The molecule has 2 N–H and O–H groups in total. The molecule has 0 unspecified atom stereocenters. The third-order valence-corrected chi connectivity index (χ3v) is 5.67. The highest BCUT2D eigenvalue weighted by atomic mass is 127. The highest BCUT2D eigenvalue weighted by Gasteiger charge is 2.42. The van der Waals surface area contributed by atoms with Crippen LogP contribution in [0.5, 0.6) is 0 Å². The van der Waals surface area contributed by atoms with E-state index in [9.17, 15) is 0 Å². The molecule has 2 aliphatic carbocycles. The molecule has 0 bridgehead atoms. The van der Waals surface area contributed by atoms with Crippen molar-refractivity contribution in [3.63, 3.8) is 0 Å². The normalized spacial score (nSPS) is 20.7. The molecule has 2 rings (SSSR count). The SMILES string of the molecule is CCOCCC1(CNC(=NC)NCC2(CCOC)CCC2)CC1.I. The third kappa shape index (κ3) is 6.67. The van der Waals surface area contributed by atoms with E-state index >= 15 is 0 Å². The molecule has 0 heterocycles. The van der Waals surface area contributed by atoms with Gasteiger partial charge in [0.05, 0.1) is 0 Å². The molecule has 0 amide bonds. The minimum Gasteiger partial charge on any atom is -0.385 e. The molecule has 2 saturated carbocycles. The van der Waals surface area contributed by atoms with Crippen LogP contribution < -0.4 is 10.6 Å². The molecule has 0 saturated heterocycles. The monoisotopic (exact) mass is 453 g/mol. The van der Waals surface area contributed by atoms with Gasteiger partial charge in [0.2, 0.25) is 0 Å². The van der Waals surface area contributed by atoms with Gasteiger partial charge in [-0.05, 0) is 56.3 Å². The predicted molar refractivity (Wildman–Crippen MR) is 110 cm³/mol. The summed E-state index contributed by atoms with van der Waals surface area (Å²) in [6.45, 7) is 6.62. The fraction of sp³-hybridized carbons (Fsp3) is 0.944. The molecule has 2 fully saturated rings. The molecule has 0 radical (unpaired) electrons. The smallest absolute Gasteiger partial charge is 0.191 e. The summed E-state index contributed by atoms with van der Waals surface area (Å²) in [5.74, 6) is 0.941. The van der Waals surface area contributed by atoms with Crippen LogP contribution in [0.3, 0.4) is 0 Å². The van der Waals surface area contributed by atoms with Gasteiger partial charge in [-0.1, -0.05) is 6.42 Å². The Morgan fingerprint density at radius 1 is 1.00 bits per heavy atom. The largest absolute Gasteiger partial charge is 0.385 e. The van der Waals surface area contributed by atoms with Crippen molar-refractivity contribution < 1.29 is 9.47 Å². The zero-order valence-corrected chi connectivity index (χ0v) is 18.0. The van der Waals surface area contributed by atoms with Crippen LogP contribution in [0.15, 0.2) is 4.99 Å². The molecule has 5 nitrogen and oxygen atoms in total. The molecule has 0 aromatic rings. The summed E-state index contributed by atoms with van der Waals surface area (Å²) in [4.78, 5) is 4.39. The van der Waals surface area contributed by atoms with Crippen LogP contribution in [0.4, 0.5) is 0 Å². The van der Waals surface area contributed by atoms with Gasteiger partial charge < -0.3 is 20.1 Å². The fourth-order valence-corrected chi connectivity index (χ4v) is 3.40. The van der Waals surface area contributed by atoms with Crippen molar-refractivity contribution in [1.29, 1.82) is 0 Å². The van der Waals surface area contributed by atoms with Gasteiger partial charge in [0.25, 0.3) is 0 Å². The summed E-state index contributed by atoms with van der Waals surface area (Å²) in [6.07, 6.45) is 8.87. The van der Waals surface area contributed by atoms with Crippen molar-refractivity contribution in [2.45, 2.75) is 51.9 Å². The molecule has 24 heavy (non-hydrogen) atoms. The molecular weight excluding hydrogens is 417 g/mol. The summed E-state index contributed by atoms with van der Waals surface area (Å²) < 4.78 is 10.8. The second-order valence-electron chi connectivity index (χ2n) is 7.32. The Morgan fingerprint density at radius 3 is 2.00 bits per heavy atom. The molecule has 142 valence electrons. The quantitative estimate of drug-likeness (QED) is 0.218. The Hall–Kier alpha value is -0.0800. The van der Waals surface area contributed by atoms with Crippen molar-refractivity contribution in [2.24, 2.45) is 15.8 Å². The Labute approximate surface area is 164 Å². The van der Waals surface area contributed by atoms with Gasteiger partial charge in [-0.2, -0.15) is 0 Å². The molecular formula is C18H36IN3O2. The standard InChI is InChI=1S/C18H35N3O2.HI/c1-4-23-13-11-18(8-9-18)15-21-16(19-2)20-14-17(6-5-7-17)10-12-22-3;/h4-15H2,1-3H3,(H2,19,20,21);1H. The van der Waals surface area contributed by atoms with Crippen LogP contribution in [0.25, 0.3) is 0 Å². The molecule has 6 heteroatoms. The van der Waals surface area contributed by atoms with Crippen LogP contribution in [-0.4, -0.2) is 53.0 Å². The second kappa shape index (κ2) is 10.8. The molecule has 0 spiro atoms. The maximum atomic E-state index is 5.51. The number of aliphatic imine (C=N–C) groups is 1. The first-order valence-corrected chi connectivity index (χ1v) is 9.19. The van der Waals surface area contributed by atoms with Crippen LogP contribution in [-0.2, 0) is 9.47 Å². The van der Waals surface area contributed by atoms with Crippen LogP contribution >= 0.6 is 24.0 Å². The fourth-order valence-electron chi connectivity index (χ4n) is 3.40. The van der Waals surface area contributed by atoms with E-state index in [0.717, 1.165) is 51.7 Å². The van der Waals surface area contributed by atoms with Crippen LogP contribution in [0.2, 0.25) is 0 Å². The Bertz CT molecular complexity index is 382. The second-order valence-corrected chi connectivity index (χ2v) is 7.32. The maximum Gasteiger partial charge on any atom is 0.191 e. The van der Waals surface area contributed by atoms with Crippen molar-refractivity contribution in [1.82, 2.24) is 10.6 Å². The van der Waals surface area contributed by atoms with Gasteiger partial charge in [0, 0.05) is 47.1 Å². The van der Waals surface area contributed by atoms with Crippen LogP contribution in [0, 0.1) is 10.8 Å². The number of nitrogens with one attached hydrogen (secondary N) is 2. The first-order chi connectivity index (χ1) is 11.2. The van der Waals surface area contributed by atoms with Gasteiger partial charge in [-0.15, -0.1) is 24.0 Å². The lowest BCUT2D eigenvalue weighted by atomic mass is 9.67. The lowest BCUT2D eigenvalue weighted by Crippen LogP contribution is -2.48. The predicted octanol–water partition coefficient (Wildman–Crippen LogP) is 3.18. The van der Waals surface area contributed by atoms with E-state index in [0.29, 0.717) is 10.8 Å². The number of hydrogen-bond acceptors (Lipinski definition) is 3. The molecule has 0 aliphatic heterocycles. The van der Waals surface area contributed by atoms with Crippen LogP contribution in [0.1, 0.15) is 51.9 Å². The third-order valence-electron chi connectivity index (χ3n) is 5.67. The topological polar surface area (TPSA) is 54.9 Å². The highest BCUT2D eigenvalue weighted by molar-refractivity contribution is 14.0. The van der Waals surface area contributed by atoms with E-state index in [1.54, 1.807) is 7.11 Å². The Kier molecular flexibility index (Phi) is 9.89. The summed E-state index contributed by atoms with van der Waals surface area (Å²) in [6, 6.07) is 0. The zero-order valence-electron chi connectivity index (χ0n) is 15.7. The van der Waals surface area contributed by atoms with Gasteiger partial charge in [-0.3, -0.25) is 4.99 Å². The van der Waals surface area contributed by atoms with Crippen molar-refractivity contribution >= 4 is 29.9 Å². The van der Waals surface area contributed by atoms with E-state index < -0.39 is 0 Å². The lowest BCUT2D eigenvalue weighted by molar-refractivity contribution is 0.0732. The number of halogens is 1. The highest BCUT2D eigenvalue weighted by Crippen LogP contribution is 2.48. The lowest BCUT2D eigenvalue weighted by Gasteiger charge is -2.42. The number of ether oxygens (including phenoxy) is 2. The summed E-state index contributed by atoms with van der Waals surface area (Å²) in [5.41, 5.74) is 0.858. The van der Waals surface area contributed by atoms with E-state index in [-0.39, 0.29) is 24.0 Å². The van der Waals surface area contributed by atoms with Crippen molar-refractivity contribution in [2.75, 3.05) is 47.1 Å². The minimum absolute atomic E-state index is 0. The number of hydrogen-bond donors (Lipinski definition) is 2.